The number of rotatable bonds is 5. The van der Waals surface area contributed by atoms with Gasteiger partial charge in [0.25, 0.3) is 0 Å². The molecular formula is C12H15NO4. The van der Waals surface area contributed by atoms with E-state index in [1.54, 1.807) is 31.2 Å². The van der Waals surface area contributed by atoms with E-state index in [0.29, 0.717) is 11.3 Å². The van der Waals surface area contributed by atoms with Crippen LogP contribution >= 0.6 is 0 Å². The van der Waals surface area contributed by atoms with Gasteiger partial charge in [0.1, 0.15) is 0 Å². The zero-order valence-corrected chi connectivity index (χ0v) is 9.55. The first-order valence-electron chi connectivity index (χ1n) is 5.26. The van der Waals surface area contributed by atoms with Gasteiger partial charge in [-0.05, 0) is 18.6 Å². The Morgan fingerprint density at radius 3 is 2.65 bits per heavy atom. The van der Waals surface area contributed by atoms with Crippen molar-refractivity contribution in [3.8, 4) is 0 Å². The summed E-state index contributed by atoms with van der Waals surface area (Å²) in [5.41, 5.74) is 6.26. The minimum atomic E-state index is -0.903. The van der Waals surface area contributed by atoms with Gasteiger partial charge in [0, 0.05) is 5.69 Å². The fraction of sp³-hybridized carbons (Fsp3) is 0.333. The van der Waals surface area contributed by atoms with Gasteiger partial charge in [-0.15, -0.1) is 0 Å². The van der Waals surface area contributed by atoms with Crippen molar-refractivity contribution >= 4 is 17.6 Å². The number of ether oxygens (including phenoxy) is 1. The Labute approximate surface area is 99.2 Å². The summed E-state index contributed by atoms with van der Waals surface area (Å²) in [6.45, 7) is 1.63. The summed E-state index contributed by atoms with van der Waals surface area (Å²) >= 11 is 0. The van der Waals surface area contributed by atoms with Crippen molar-refractivity contribution in [2.75, 3.05) is 12.3 Å². The minimum absolute atomic E-state index is 0.0701. The van der Waals surface area contributed by atoms with Crippen LogP contribution in [0.2, 0.25) is 0 Å². The van der Waals surface area contributed by atoms with Crippen LogP contribution in [0.25, 0.3) is 0 Å². The molecule has 17 heavy (non-hydrogen) atoms. The van der Waals surface area contributed by atoms with E-state index >= 15 is 0 Å². The first-order valence-corrected chi connectivity index (χ1v) is 5.26. The molecule has 0 radical (unpaired) electrons. The van der Waals surface area contributed by atoms with Gasteiger partial charge in [0.15, 0.2) is 0 Å². The lowest BCUT2D eigenvalue weighted by Crippen LogP contribution is -2.15. The number of hydrogen-bond acceptors (Lipinski definition) is 4. The number of nitrogens with two attached hydrogens (primary N) is 1. The maximum atomic E-state index is 11.6. The van der Waals surface area contributed by atoms with Gasteiger partial charge < -0.3 is 15.6 Å². The molecule has 0 saturated carbocycles. The molecule has 5 heteroatoms. The van der Waals surface area contributed by atoms with E-state index in [1.807, 2.05) is 0 Å². The van der Waals surface area contributed by atoms with Gasteiger partial charge in [0.05, 0.1) is 18.1 Å². The number of para-hydroxylation sites is 1. The highest BCUT2D eigenvalue weighted by Gasteiger charge is 2.13. The van der Waals surface area contributed by atoms with Crippen LogP contribution in [0, 0.1) is 5.92 Å². The molecule has 0 amide bonds. The normalized spacial score (nSPS) is 11.8. The molecular weight excluding hydrogens is 222 g/mol. The van der Waals surface area contributed by atoms with Crippen molar-refractivity contribution in [1.29, 1.82) is 0 Å². The molecule has 0 fully saturated rings. The summed E-state index contributed by atoms with van der Waals surface area (Å²) in [6.07, 6.45) is 0.286. The topological polar surface area (TPSA) is 89.6 Å². The Bertz CT molecular complexity index is 417. The van der Waals surface area contributed by atoms with Crippen LogP contribution in [0.15, 0.2) is 24.3 Å². The third-order valence-electron chi connectivity index (χ3n) is 2.39. The number of esters is 1. The van der Waals surface area contributed by atoms with Crippen LogP contribution in [0.1, 0.15) is 23.7 Å². The number of nitrogen functional groups attached to an aromatic ring is 1. The van der Waals surface area contributed by atoms with Gasteiger partial charge >= 0.3 is 11.9 Å². The highest BCUT2D eigenvalue weighted by molar-refractivity contribution is 5.94. The smallest absolute Gasteiger partial charge is 0.340 e. The Morgan fingerprint density at radius 2 is 2.06 bits per heavy atom. The summed E-state index contributed by atoms with van der Waals surface area (Å²) < 4.78 is 4.95. The molecule has 0 bridgehead atoms. The second kappa shape index (κ2) is 5.89. The second-order valence-corrected chi connectivity index (χ2v) is 3.75. The summed E-state index contributed by atoms with van der Waals surface area (Å²) in [5.74, 6) is -1.96. The van der Waals surface area contributed by atoms with Gasteiger partial charge in [-0.2, -0.15) is 0 Å². The number of carbonyl (C=O) groups is 2. The zero-order valence-electron chi connectivity index (χ0n) is 9.55. The monoisotopic (exact) mass is 237 g/mol. The number of carbonyl (C=O) groups excluding carboxylic acids is 1. The van der Waals surface area contributed by atoms with Crippen molar-refractivity contribution in [3.63, 3.8) is 0 Å². The highest BCUT2D eigenvalue weighted by Crippen LogP contribution is 2.12. The maximum absolute atomic E-state index is 11.6. The lowest BCUT2D eigenvalue weighted by atomic mass is 10.1. The Morgan fingerprint density at radius 1 is 1.41 bits per heavy atom. The van der Waals surface area contributed by atoms with Crippen LogP contribution in [-0.4, -0.2) is 23.7 Å². The van der Waals surface area contributed by atoms with Crippen molar-refractivity contribution in [2.24, 2.45) is 5.92 Å². The van der Waals surface area contributed by atoms with E-state index in [-0.39, 0.29) is 13.0 Å². The lowest BCUT2D eigenvalue weighted by Gasteiger charge is -2.08. The molecule has 0 saturated heterocycles. The lowest BCUT2D eigenvalue weighted by molar-refractivity contribution is -0.141. The largest absolute Gasteiger partial charge is 0.481 e. The summed E-state index contributed by atoms with van der Waals surface area (Å²) in [7, 11) is 0. The predicted octanol–water partition coefficient (Wildman–Crippen LogP) is 1.54. The van der Waals surface area contributed by atoms with E-state index in [0.717, 1.165) is 0 Å². The van der Waals surface area contributed by atoms with Gasteiger partial charge in [-0.3, -0.25) is 4.79 Å². The van der Waals surface area contributed by atoms with E-state index in [9.17, 15) is 9.59 Å². The van der Waals surface area contributed by atoms with Crippen molar-refractivity contribution in [2.45, 2.75) is 13.3 Å². The number of aliphatic carboxylic acids is 1. The molecule has 0 heterocycles. The summed E-state index contributed by atoms with van der Waals surface area (Å²) in [6, 6.07) is 6.58. The Balaban J connectivity index is 2.46. The zero-order chi connectivity index (χ0) is 12.8. The van der Waals surface area contributed by atoms with E-state index in [1.165, 1.54) is 0 Å². The standard InChI is InChI=1S/C12H15NO4/c1-8(11(14)15)6-7-17-12(16)9-4-2-3-5-10(9)13/h2-5,8H,6-7,13H2,1H3,(H,14,15). The molecule has 1 unspecified atom stereocenters. The molecule has 0 aliphatic heterocycles. The van der Waals surface area contributed by atoms with Crippen molar-refractivity contribution in [3.05, 3.63) is 29.8 Å². The molecule has 5 nitrogen and oxygen atoms in total. The first kappa shape index (κ1) is 13.0. The van der Waals surface area contributed by atoms with Gasteiger partial charge in [-0.25, -0.2) is 4.79 Å². The Kier molecular flexibility index (Phi) is 4.51. The van der Waals surface area contributed by atoms with Crippen LogP contribution in [0.3, 0.4) is 0 Å². The maximum Gasteiger partial charge on any atom is 0.340 e. The van der Waals surface area contributed by atoms with Gasteiger partial charge in [0.2, 0.25) is 0 Å². The summed E-state index contributed by atoms with van der Waals surface area (Å²) in [5, 5.41) is 8.65. The van der Waals surface area contributed by atoms with E-state index in [2.05, 4.69) is 0 Å². The molecule has 3 N–H and O–H groups in total. The molecule has 1 aromatic carbocycles. The van der Waals surface area contributed by atoms with E-state index in [4.69, 9.17) is 15.6 Å². The SMILES string of the molecule is CC(CCOC(=O)c1ccccc1N)C(=O)O. The number of carboxylic acids is 1. The van der Waals surface area contributed by atoms with Crippen LogP contribution in [0.5, 0.6) is 0 Å². The molecule has 0 aliphatic carbocycles. The predicted molar refractivity (Wildman–Crippen MR) is 62.6 cm³/mol. The Hall–Kier alpha value is -2.04. The number of carboxylic acid groups (broad SMARTS) is 1. The fourth-order valence-corrected chi connectivity index (χ4v) is 1.21. The third kappa shape index (κ3) is 3.79. The molecule has 0 spiro atoms. The second-order valence-electron chi connectivity index (χ2n) is 3.75. The number of hydrogen-bond donors (Lipinski definition) is 2. The summed E-state index contributed by atoms with van der Waals surface area (Å²) in [4.78, 5) is 22.1. The van der Waals surface area contributed by atoms with Crippen molar-refractivity contribution in [1.82, 2.24) is 0 Å². The molecule has 1 aromatic rings. The minimum Gasteiger partial charge on any atom is -0.481 e. The van der Waals surface area contributed by atoms with Crippen LogP contribution in [-0.2, 0) is 9.53 Å². The first-order chi connectivity index (χ1) is 8.02. The number of anilines is 1. The molecule has 0 aliphatic rings. The number of benzene rings is 1. The van der Waals surface area contributed by atoms with E-state index < -0.39 is 17.9 Å². The van der Waals surface area contributed by atoms with Crippen molar-refractivity contribution < 1.29 is 19.4 Å². The van der Waals surface area contributed by atoms with Crippen LogP contribution < -0.4 is 5.73 Å². The molecule has 0 aromatic heterocycles. The van der Waals surface area contributed by atoms with Crippen LogP contribution in [0.4, 0.5) is 5.69 Å². The third-order valence-corrected chi connectivity index (χ3v) is 2.39. The highest BCUT2D eigenvalue weighted by atomic mass is 16.5. The quantitative estimate of drug-likeness (QED) is 0.598. The molecule has 92 valence electrons. The fourth-order valence-electron chi connectivity index (χ4n) is 1.21. The molecule has 1 atom stereocenters. The average Bonchev–Trinajstić information content (AvgIpc) is 2.29. The van der Waals surface area contributed by atoms with Gasteiger partial charge in [-0.1, -0.05) is 19.1 Å². The molecule has 1 rings (SSSR count). The average molecular weight is 237 g/mol.